The number of hydrogen-bond acceptors (Lipinski definition) is 4. The number of anilines is 1. The summed E-state index contributed by atoms with van der Waals surface area (Å²) in [6.45, 7) is 3.93. The second kappa shape index (κ2) is 7.85. The highest BCUT2D eigenvalue weighted by molar-refractivity contribution is 7.80. The first-order chi connectivity index (χ1) is 14.0. The van der Waals surface area contributed by atoms with E-state index >= 15 is 0 Å². The first-order valence-electron chi connectivity index (χ1n) is 9.16. The lowest BCUT2D eigenvalue weighted by molar-refractivity contribution is 0.0977. The maximum Gasteiger partial charge on any atom is 0.257 e. The van der Waals surface area contributed by atoms with Gasteiger partial charge in [-0.25, -0.2) is 4.98 Å². The molecule has 6 heteroatoms. The third-order valence-corrected chi connectivity index (χ3v) is 4.85. The van der Waals surface area contributed by atoms with E-state index < -0.39 is 0 Å². The minimum Gasteiger partial charge on any atom is -0.436 e. The Morgan fingerprint density at radius 3 is 2.48 bits per heavy atom. The maximum atomic E-state index is 12.4. The quantitative estimate of drug-likeness (QED) is 0.460. The Hall–Kier alpha value is -3.51. The maximum absolute atomic E-state index is 12.4. The number of hydrogen-bond donors (Lipinski definition) is 2. The Labute approximate surface area is 173 Å². The van der Waals surface area contributed by atoms with Gasteiger partial charge in [0, 0.05) is 16.8 Å². The highest BCUT2D eigenvalue weighted by atomic mass is 32.1. The molecule has 0 bridgehead atoms. The number of thiocarbonyl (C=S) groups is 1. The molecule has 3 aromatic carbocycles. The van der Waals surface area contributed by atoms with Crippen LogP contribution >= 0.6 is 12.2 Å². The SMILES string of the molecule is Cc1ccc(C(=O)NC(=S)Nc2cccc(-c3nc4ccccc4o3)c2C)cc1. The number of aromatic nitrogens is 1. The normalized spacial score (nSPS) is 10.7. The Kier molecular flexibility index (Phi) is 5.10. The average molecular weight is 401 g/mol. The summed E-state index contributed by atoms with van der Waals surface area (Å²) in [6.07, 6.45) is 0. The lowest BCUT2D eigenvalue weighted by Crippen LogP contribution is -2.34. The smallest absolute Gasteiger partial charge is 0.257 e. The number of carbonyl (C=O) groups excluding carboxylic acids is 1. The first kappa shape index (κ1) is 18.8. The minimum atomic E-state index is -0.254. The van der Waals surface area contributed by atoms with Crippen molar-refractivity contribution in [2.24, 2.45) is 0 Å². The standard InChI is InChI=1S/C23H19N3O2S/c1-14-10-12-16(13-11-14)21(27)26-23(29)25-18-8-5-6-17(15(18)2)22-24-19-7-3-4-9-20(19)28-22/h3-13H,1-2H3,(H2,25,26,27,29). The number of para-hydroxylation sites is 2. The molecular formula is C23H19N3O2S. The van der Waals surface area contributed by atoms with E-state index in [1.54, 1.807) is 12.1 Å². The van der Waals surface area contributed by atoms with Crippen LogP contribution in [0.2, 0.25) is 0 Å². The van der Waals surface area contributed by atoms with E-state index in [1.807, 2.05) is 68.4 Å². The van der Waals surface area contributed by atoms with Gasteiger partial charge in [-0.05, 0) is 68.0 Å². The van der Waals surface area contributed by atoms with Gasteiger partial charge in [0.05, 0.1) is 0 Å². The van der Waals surface area contributed by atoms with Crippen LogP contribution in [0.5, 0.6) is 0 Å². The zero-order valence-corrected chi connectivity index (χ0v) is 16.8. The number of oxazole rings is 1. The van der Waals surface area contributed by atoms with E-state index in [1.165, 1.54) is 0 Å². The van der Waals surface area contributed by atoms with Crippen LogP contribution in [0.3, 0.4) is 0 Å². The van der Waals surface area contributed by atoms with Crippen LogP contribution in [-0.2, 0) is 0 Å². The number of nitrogens with zero attached hydrogens (tertiary/aromatic N) is 1. The number of benzene rings is 3. The summed E-state index contributed by atoms with van der Waals surface area (Å²) < 4.78 is 5.89. The van der Waals surface area contributed by atoms with E-state index in [0.717, 1.165) is 33.5 Å². The lowest BCUT2D eigenvalue weighted by atomic mass is 10.1. The fourth-order valence-electron chi connectivity index (χ4n) is 3.02. The summed E-state index contributed by atoms with van der Waals surface area (Å²) in [5.74, 6) is 0.289. The number of nitrogens with one attached hydrogen (secondary N) is 2. The van der Waals surface area contributed by atoms with Crippen molar-refractivity contribution in [2.45, 2.75) is 13.8 Å². The van der Waals surface area contributed by atoms with Crippen molar-refractivity contribution < 1.29 is 9.21 Å². The van der Waals surface area contributed by atoms with Gasteiger partial charge in [0.1, 0.15) is 5.52 Å². The molecule has 0 aliphatic carbocycles. The topological polar surface area (TPSA) is 67.2 Å². The largest absolute Gasteiger partial charge is 0.436 e. The molecule has 0 saturated carbocycles. The van der Waals surface area contributed by atoms with E-state index in [9.17, 15) is 4.79 Å². The van der Waals surface area contributed by atoms with Crippen molar-refractivity contribution in [1.29, 1.82) is 0 Å². The van der Waals surface area contributed by atoms with Crippen LogP contribution in [0.25, 0.3) is 22.6 Å². The predicted octanol–water partition coefficient (Wildman–Crippen LogP) is 5.24. The fraction of sp³-hybridized carbons (Fsp3) is 0.0870. The molecule has 29 heavy (non-hydrogen) atoms. The summed E-state index contributed by atoms with van der Waals surface area (Å²) in [6, 6.07) is 20.7. The van der Waals surface area contributed by atoms with Crippen LogP contribution < -0.4 is 10.6 Å². The van der Waals surface area contributed by atoms with Crippen molar-refractivity contribution in [3.8, 4) is 11.5 Å². The van der Waals surface area contributed by atoms with E-state index in [-0.39, 0.29) is 11.0 Å². The number of carbonyl (C=O) groups is 1. The molecule has 0 aliphatic rings. The van der Waals surface area contributed by atoms with Gasteiger partial charge in [-0.3, -0.25) is 10.1 Å². The molecule has 1 aromatic heterocycles. The molecular weight excluding hydrogens is 382 g/mol. The zero-order valence-electron chi connectivity index (χ0n) is 16.0. The van der Waals surface area contributed by atoms with Crippen LogP contribution in [-0.4, -0.2) is 16.0 Å². The fourth-order valence-corrected chi connectivity index (χ4v) is 3.23. The van der Waals surface area contributed by atoms with Gasteiger partial charge in [-0.2, -0.15) is 0 Å². The molecule has 2 N–H and O–H groups in total. The van der Waals surface area contributed by atoms with Crippen LogP contribution in [0.4, 0.5) is 5.69 Å². The zero-order chi connectivity index (χ0) is 20.4. The van der Waals surface area contributed by atoms with Crippen LogP contribution in [0.1, 0.15) is 21.5 Å². The molecule has 4 rings (SSSR count). The molecule has 0 atom stereocenters. The van der Waals surface area contributed by atoms with Gasteiger partial charge in [-0.1, -0.05) is 35.9 Å². The third kappa shape index (κ3) is 4.02. The average Bonchev–Trinajstić information content (AvgIpc) is 3.14. The van der Waals surface area contributed by atoms with E-state index in [4.69, 9.17) is 16.6 Å². The van der Waals surface area contributed by atoms with Crippen molar-refractivity contribution >= 4 is 40.0 Å². The Morgan fingerprint density at radius 1 is 0.966 bits per heavy atom. The second-order valence-electron chi connectivity index (χ2n) is 6.74. The minimum absolute atomic E-state index is 0.230. The second-order valence-corrected chi connectivity index (χ2v) is 7.15. The van der Waals surface area contributed by atoms with Gasteiger partial charge < -0.3 is 9.73 Å². The number of rotatable bonds is 3. The van der Waals surface area contributed by atoms with Gasteiger partial charge >= 0.3 is 0 Å². The van der Waals surface area contributed by atoms with Gasteiger partial charge in [0.25, 0.3) is 5.91 Å². The van der Waals surface area contributed by atoms with Crippen LogP contribution in [0.15, 0.2) is 71.1 Å². The molecule has 1 heterocycles. The lowest BCUT2D eigenvalue weighted by Gasteiger charge is -2.13. The molecule has 0 unspecified atom stereocenters. The van der Waals surface area contributed by atoms with Gasteiger partial charge in [-0.15, -0.1) is 0 Å². The number of fused-ring (bicyclic) bond motifs is 1. The van der Waals surface area contributed by atoms with E-state index in [0.29, 0.717) is 11.5 Å². The van der Waals surface area contributed by atoms with Crippen molar-refractivity contribution in [3.63, 3.8) is 0 Å². The molecule has 0 saturated heterocycles. The predicted molar refractivity (Wildman–Crippen MR) is 119 cm³/mol. The molecule has 0 fully saturated rings. The summed E-state index contributed by atoms with van der Waals surface area (Å²) in [4.78, 5) is 16.9. The highest BCUT2D eigenvalue weighted by Gasteiger charge is 2.14. The van der Waals surface area contributed by atoms with Crippen molar-refractivity contribution in [2.75, 3.05) is 5.32 Å². The Bertz CT molecular complexity index is 1180. The highest BCUT2D eigenvalue weighted by Crippen LogP contribution is 2.30. The molecule has 1 amide bonds. The van der Waals surface area contributed by atoms with E-state index in [2.05, 4.69) is 15.6 Å². The molecule has 4 aromatic rings. The molecule has 0 aliphatic heterocycles. The third-order valence-electron chi connectivity index (χ3n) is 4.65. The molecule has 5 nitrogen and oxygen atoms in total. The Morgan fingerprint density at radius 2 is 1.72 bits per heavy atom. The summed E-state index contributed by atoms with van der Waals surface area (Å²) in [7, 11) is 0. The monoisotopic (exact) mass is 401 g/mol. The summed E-state index contributed by atoms with van der Waals surface area (Å²) in [5.41, 5.74) is 5.75. The first-order valence-corrected chi connectivity index (χ1v) is 9.56. The Balaban J connectivity index is 1.53. The number of amides is 1. The molecule has 0 spiro atoms. The number of aryl methyl sites for hydroxylation is 1. The van der Waals surface area contributed by atoms with Gasteiger partial charge in [0.15, 0.2) is 10.7 Å². The summed E-state index contributed by atoms with van der Waals surface area (Å²) >= 11 is 5.33. The summed E-state index contributed by atoms with van der Waals surface area (Å²) in [5, 5.41) is 6.04. The van der Waals surface area contributed by atoms with Gasteiger partial charge in [0.2, 0.25) is 5.89 Å². The van der Waals surface area contributed by atoms with Crippen molar-refractivity contribution in [3.05, 3.63) is 83.4 Å². The van der Waals surface area contributed by atoms with Crippen molar-refractivity contribution in [1.82, 2.24) is 10.3 Å². The molecule has 144 valence electrons. The molecule has 0 radical (unpaired) electrons. The van der Waals surface area contributed by atoms with Crippen LogP contribution in [0, 0.1) is 13.8 Å².